The third kappa shape index (κ3) is 2.38. The smallest absolute Gasteiger partial charge is 0.308 e. The van der Waals surface area contributed by atoms with Gasteiger partial charge in [-0.25, -0.2) is 0 Å². The molecule has 3 atom stereocenters. The van der Waals surface area contributed by atoms with Crippen molar-refractivity contribution < 1.29 is 9.90 Å². The van der Waals surface area contributed by atoms with Gasteiger partial charge in [0.2, 0.25) is 0 Å². The number of carboxylic acids is 1. The summed E-state index contributed by atoms with van der Waals surface area (Å²) >= 11 is 0. The molecule has 0 amide bonds. The number of carboxylic acid groups (broad SMARTS) is 1. The summed E-state index contributed by atoms with van der Waals surface area (Å²) in [6.45, 7) is 6.04. The van der Waals surface area contributed by atoms with E-state index in [-0.39, 0.29) is 5.92 Å². The van der Waals surface area contributed by atoms with E-state index in [1.54, 1.807) is 0 Å². The number of nitrogens with zero attached hydrogens (tertiary/aromatic N) is 2. The molecule has 2 saturated heterocycles. The Hall–Kier alpha value is -0.610. The number of piperidine rings is 1. The van der Waals surface area contributed by atoms with Crippen molar-refractivity contribution in [2.24, 2.45) is 11.8 Å². The van der Waals surface area contributed by atoms with Crippen LogP contribution < -0.4 is 0 Å². The van der Waals surface area contributed by atoms with Gasteiger partial charge in [-0.2, -0.15) is 0 Å². The molecular formula is C12H22N2O2. The number of likely N-dealkylation sites (tertiary alicyclic amines) is 2. The van der Waals surface area contributed by atoms with E-state index in [0.29, 0.717) is 12.0 Å². The Morgan fingerprint density at radius 2 is 2.06 bits per heavy atom. The van der Waals surface area contributed by atoms with Crippen molar-refractivity contribution in [1.29, 1.82) is 0 Å². The quantitative estimate of drug-likeness (QED) is 0.754. The first-order valence-corrected chi connectivity index (χ1v) is 6.23. The lowest BCUT2D eigenvalue weighted by atomic mass is 9.99. The molecule has 0 aromatic rings. The molecular weight excluding hydrogens is 204 g/mol. The van der Waals surface area contributed by atoms with Gasteiger partial charge in [0.15, 0.2) is 0 Å². The van der Waals surface area contributed by atoms with Crippen molar-refractivity contribution in [1.82, 2.24) is 9.80 Å². The lowest BCUT2D eigenvalue weighted by Gasteiger charge is -2.35. The van der Waals surface area contributed by atoms with E-state index in [0.717, 1.165) is 19.6 Å². The minimum atomic E-state index is -0.626. The summed E-state index contributed by atoms with van der Waals surface area (Å²) in [6.07, 6.45) is 2.47. The van der Waals surface area contributed by atoms with E-state index < -0.39 is 5.97 Å². The molecule has 92 valence electrons. The molecule has 1 N–H and O–H groups in total. The van der Waals surface area contributed by atoms with Crippen LogP contribution >= 0.6 is 0 Å². The summed E-state index contributed by atoms with van der Waals surface area (Å²) in [5, 5.41) is 9.11. The summed E-state index contributed by atoms with van der Waals surface area (Å²) in [5.41, 5.74) is 0. The normalized spacial score (nSPS) is 37.8. The van der Waals surface area contributed by atoms with Crippen LogP contribution in [0.3, 0.4) is 0 Å². The zero-order valence-corrected chi connectivity index (χ0v) is 10.2. The Bertz CT molecular complexity index is 270. The molecule has 0 aromatic heterocycles. The highest BCUT2D eigenvalue weighted by Crippen LogP contribution is 2.27. The summed E-state index contributed by atoms with van der Waals surface area (Å²) in [6, 6.07) is 0.575. The summed E-state index contributed by atoms with van der Waals surface area (Å²) in [4.78, 5) is 15.8. The Kier molecular flexibility index (Phi) is 3.50. The molecule has 4 nitrogen and oxygen atoms in total. The largest absolute Gasteiger partial charge is 0.481 e. The van der Waals surface area contributed by atoms with Gasteiger partial charge in [0.1, 0.15) is 0 Å². The zero-order valence-electron chi connectivity index (χ0n) is 10.2. The number of likely N-dealkylation sites (N-methyl/N-ethyl adjacent to an activating group) is 1. The second-order valence-corrected chi connectivity index (χ2v) is 5.43. The molecule has 0 saturated carbocycles. The van der Waals surface area contributed by atoms with Crippen LogP contribution in [-0.4, -0.2) is 60.1 Å². The molecule has 0 radical (unpaired) electrons. The fourth-order valence-corrected chi connectivity index (χ4v) is 3.06. The van der Waals surface area contributed by atoms with Gasteiger partial charge in [-0.15, -0.1) is 0 Å². The van der Waals surface area contributed by atoms with Crippen molar-refractivity contribution in [2.45, 2.75) is 25.8 Å². The van der Waals surface area contributed by atoms with Crippen LogP contribution in [0.2, 0.25) is 0 Å². The highest BCUT2D eigenvalue weighted by molar-refractivity contribution is 5.71. The van der Waals surface area contributed by atoms with Gasteiger partial charge in [0, 0.05) is 25.7 Å². The second-order valence-electron chi connectivity index (χ2n) is 5.43. The number of rotatable bonds is 2. The Morgan fingerprint density at radius 1 is 1.31 bits per heavy atom. The summed E-state index contributed by atoms with van der Waals surface area (Å²) < 4.78 is 0. The first-order chi connectivity index (χ1) is 7.58. The predicted molar refractivity (Wildman–Crippen MR) is 62.4 cm³/mol. The molecule has 4 heteroatoms. The molecule has 0 aromatic carbocycles. The van der Waals surface area contributed by atoms with Gasteiger partial charge >= 0.3 is 5.97 Å². The topological polar surface area (TPSA) is 43.8 Å². The van der Waals surface area contributed by atoms with Crippen molar-refractivity contribution in [2.75, 3.05) is 33.2 Å². The Balaban J connectivity index is 1.94. The molecule has 0 aliphatic carbocycles. The zero-order chi connectivity index (χ0) is 11.7. The van der Waals surface area contributed by atoms with E-state index in [1.807, 2.05) is 0 Å². The standard InChI is InChI=1S/C12H22N2O2/c1-9-6-14(8-11(9)12(15)16)10-4-3-5-13(2)7-10/h9-11H,3-8H2,1-2H3,(H,15,16)/t9-,10?,11-/m1/s1. The van der Waals surface area contributed by atoms with Crippen LogP contribution in [0.15, 0.2) is 0 Å². The molecule has 0 spiro atoms. The SMILES string of the molecule is C[C@@H]1CN(C2CCCN(C)C2)C[C@H]1C(=O)O. The van der Waals surface area contributed by atoms with Crippen molar-refractivity contribution in [3.63, 3.8) is 0 Å². The summed E-state index contributed by atoms with van der Waals surface area (Å²) in [7, 11) is 2.15. The maximum absolute atomic E-state index is 11.1. The maximum Gasteiger partial charge on any atom is 0.308 e. The van der Waals surface area contributed by atoms with Crippen molar-refractivity contribution in [3.8, 4) is 0 Å². The number of aliphatic carboxylic acids is 1. The van der Waals surface area contributed by atoms with Gasteiger partial charge < -0.3 is 10.0 Å². The minimum absolute atomic E-state index is 0.160. The summed E-state index contributed by atoms with van der Waals surface area (Å²) in [5.74, 6) is -0.490. The maximum atomic E-state index is 11.1. The fourth-order valence-electron chi connectivity index (χ4n) is 3.06. The first-order valence-electron chi connectivity index (χ1n) is 6.23. The molecule has 2 rings (SSSR count). The molecule has 2 heterocycles. The predicted octanol–water partition coefficient (Wildman–Crippen LogP) is 0.733. The number of hydrogen-bond donors (Lipinski definition) is 1. The lowest BCUT2D eigenvalue weighted by molar-refractivity contribution is -0.142. The van der Waals surface area contributed by atoms with E-state index in [4.69, 9.17) is 5.11 Å². The average molecular weight is 226 g/mol. The number of hydrogen-bond acceptors (Lipinski definition) is 3. The average Bonchev–Trinajstić information content (AvgIpc) is 2.60. The Labute approximate surface area is 97.2 Å². The van der Waals surface area contributed by atoms with Gasteiger partial charge in [-0.05, 0) is 32.4 Å². The van der Waals surface area contributed by atoms with Gasteiger partial charge in [0.05, 0.1) is 5.92 Å². The third-order valence-electron chi connectivity index (χ3n) is 4.07. The van der Waals surface area contributed by atoms with Crippen LogP contribution in [0.4, 0.5) is 0 Å². The van der Waals surface area contributed by atoms with E-state index in [2.05, 4.69) is 23.8 Å². The van der Waals surface area contributed by atoms with E-state index in [9.17, 15) is 4.79 Å². The third-order valence-corrected chi connectivity index (χ3v) is 4.07. The molecule has 16 heavy (non-hydrogen) atoms. The highest BCUT2D eigenvalue weighted by atomic mass is 16.4. The van der Waals surface area contributed by atoms with Crippen molar-refractivity contribution >= 4 is 5.97 Å². The number of carbonyl (C=O) groups is 1. The molecule has 0 bridgehead atoms. The lowest BCUT2D eigenvalue weighted by Crippen LogP contribution is -2.45. The minimum Gasteiger partial charge on any atom is -0.481 e. The Morgan fingerprint density at radius 3 is 2.62 bits per heavy atom. The van der Waals surface area contributed by atoms with Crippen LogP contribution in [0.5, 0.6) is 0 Å². The first kappa shape index (κ1) is 11.9. The highest BCUT2D eigenvalue weighted by Gasteiger charge is 2.38. The molecule has 2 fully saturated rings. The van der Waals surface area contributed by atoms with Crippen LogP contribution in [-0.2, 0) is 4.79 Å². The van der Waals surface area contributed by atoms with Crippen LogP contribution in [0, 0.1) is 11.8 Å². The molecule has 2 aliphatic rings. The fraction of sp³-hybridized carbons (Fsp3) is 0.917. The second kappa shape index (κ2) is 4.72. The molecule has 2 aliphatic heterocycles. The van der Waals surface area contributed by atoms with Crippen LogP contribution in [0.25, 0.3) is 0 Å². The van der Waals surface area contributed by atoms with Gasteiger partial charge in [-0.1, -0.05) is 6.92 Å². The van der Waals surface area contributed by atoms with Crippen LogP contribution in [0.1, 0.15) is 19.8 Å². The van der Waals surface area contributed by atoms with E-state index >= 15 is 0 Å². The van der Waals surface area contributed by atoms with Gasteiger partial charge in [-0.3, -0.25) is 9.69 Å². The van der Waals surface area contributed by atoms with Crippen molar-refractivity contribution in [3.05, 3.63) is 0 Å². The van der Waals surface area contributed by atoms with E-state index in [1.165, 1.54) is 19.4 Å². The molecule has 1 unspecified atom stereocenters. The van der Waals surface area contributed by atoms with Gasteiger partial charge in [0.25, 0.3) is 0 Å². The monoisotopic (exact) mass is 226 g/mol.